The minimum atomic E-state index is -0.218. The second kappa shape index (κ2) is 9.87. The molecule has 0 saturated heterocycles. The van der Waals surface area contributed by atoms with Crippen molar-refractivity contribution >= 4 is 17.5 Å². The van der Waals surface area contributed by atoms with E-state index in [0.717, 1.165) is 23.2 Å². The van der Waals surface area contributed by atoms with Gasteiger partial charge in [0.25, 0.3) is 0 Å². The molecule has 6 nitrogen and oxygen atoms in total. The predicted molar refractivity (Wildman–Crippen MR) is 117 cm³/mol. The zero-order valence-corrected chi connectivity index (χ0v) is 17.6. The molecule has 6 heteroatoms. The maximum absolute atomic E-state index is 12.4. The molecule has 0 aliphatic carbocycles. The van der Waals surface area contributed by atoms with Crippen LogP contribution in [0.15, 0.2) is 59.1 Å². The summed E-state index contributed by atoms with van der Waals surface area (Å²) in [5.41, 5.74) is 3.98. The van der Waals surface area contributed by atoms with Crippen LogP contribution >= 0.6 is 0 Å². The van der Waals surface area contributed by atoms with Gasteiger partial charge in [-0.15, -0.1) is 0 Å². The molecular formula is C24H27N3O3. The summed E-state index contributed by atoms with van der Waals surface area (Å²) >= 11 is 0. The third-order valence-corrected chi connectivity index (χ3v) is 4.92. The quantitative estimate of drug-likeness (QED) is 0.608. The van der Waals surface area contributed by atoms with Crippen molar-refractivity contribution in [2.24, 2.45) is 0 Å². The Labute approximate surface area is 176 Å². The summed E-state index contributed by atoms with van der Waals surface area (Å²) in [6, 6.07) is 15.7. The second-order valence-corrected chi connectivity index (χ2v) is 7.29. The molecule has 1 aromatic heterocycles. The Morgan fingerprint density at radius 2 is 1.83 bits per heavy atom. The first-order chi connectivity index (χ1) is 14.5. The van der Waals surface area contributed by atoms with Crippen LogP contribution in [0.3, 0.4) is 0 Å². The Morgan fingerprint density at radius 1 is 1.10 bits per heavy atom. The monoisotopic (exact) mass is 405 g/mol. The number of hydrogen-bond acceptors (Lipinski definition) is 4. The van der Waals surface area contributed by atoms with Crippen molar-refractivity contribution in [1.82, 2.24) is 9.88 Å². The van der Waals surface area contributed by atoms with Crippen molar-refractivity contribution in [3.05, 3.63) is 71.7 Å². The van der Waals surface area contributed by atoms with Crippen LogP contribution in [0, 0.1) is 6.92 Å². The zero-order chi connectivity index (χ0) is 21.5. The predicted octanol–water partition coefficient (Wildman–Crippen LogP) is 4.24. The first-order valence-corrected chi connectivity index (χ1v) is 10.1. The Balaban J connectivity index is 1.50. The second-order valence-electron chi connectivity index (χ2n) is 7.29. The van der Waals surface area contributed by atoms with Crippen molar-refractivity contribution < 1.29 is 14.0 Å². The highest BCUT2D eigenvalue weighted by Gasteiger charge is 2.15. The molecule has 156 valence electrons. The minimum absolute atomic E-state index is 0.00290. The Morgan fingerprint density at radius 3 is 2.57 bits per heavy atom. The average molecular weight is 405 g/mol. The number of anilines is 1. The van der Waals surface area contributed by atoms with E-state index in [0.29, 0.717) is 18.1 Å². The van der Waals surface area contributed by atoms with Crippen LogP contribution in [0.5, 0.6) is 0 Å². The van der Waals surface area contributed by atoms with E-state index >= 15 is 0 Å². The van der Waals surface area contributed by atoms with Gasteiger partial charge in [0.15, 0.2) is 11.7 Å². The maximum Gasteiger partial charge on any atom is 0.243 e. The maximum atomic E-state index is 12.4. The van der Waals surface area contributed by atoms with E-state index in [2.05, 4.69) is 10.3 Å². The number of aromatic nitrogens is 1. The summed E-state index contributed by atoms with van der Waals surface area (Å²) in [5.74, 6) is 0.835. The fourth-order valence-corrected chi connectivity index (χ4v) is 3.13. The zero-order valence-electron chi connectivity index (χ0n) is 17.6. The molecule has 0 aliphatic rings. The Bertz CT molecular complexity index is 1010. The van der Waals surface area contributed by atoms with Crippen LogP contribution in [0.1, 0.15) is 30.4 Å². The van der Waals surface area contributed by atoms with Gasteiger partial charge in [0.1, 0.15) is 0 Å². The normalized spacial score (nSPS) is 10.6. The van der Waals surface area contributed by atoms with Crippen molar-refractivity contribution in [1.29, 1.82) is 0 Å². The molecule has 2 aromatic carbocycles. The minimum Gasteiger partial charge on any atom is -0.441 e. The number of carbonyl (C=O) groups is 2. The molecule has 2 amide bonds. The fourth-order valence-electron chi connectivity index (χ4n) is 3.13. The van der Waals surface area contributed by atoms with Crippen molar-refractivity contribution in [3.8, 4) is 11.3 Å². The van der Waals surface area contributed by atoms with E-state index in [4.69, 9.17) is 4.42 Å². The van der Waals surface area contributed by atoms with Gasteiger partial charge in [-0.3, -0.25) is 9.59 Å². The van der Waals surface area contributed by atoms with Crippen LogP contribution < -0.4 is 5.32 Å². The molecule has 0 unspecified atom stereocenters. The molecule has 3 rings (SSSR count). The molecule has 30 heavy (non-hydrogen) atoms. The van der Waals surface area contributed by atoms with Crippen LogP contribution in [0.25, 0.3) is 11.3 Å². The third kappa shape index (κ3) is 5.56. The number of nitrogens with one attached hydrogen (secondary N) is 1. The van der Waals surface area contributed by atoms with Gasteiger partial charge in [-0.1, -0.05) is 55.0 Å². The molecule has 3 aromatic rings. The molecule has 0 spiro atoms. The largest absolute Gasteiger partial charge is 0.441 e. The number of para-hydroxylation sites is 1. The summed E-state index contributed by atoms with van der Waals surface area (Å²) < 4.78 is 5.76. The van der Waals surface area contributed by atoms with E-state index < -0.39 is 0 Å². The summed E-state index contributed by atoms with van der Waals surface area (Å²) in [6.07, 6.45) is 3.11. The van der Waals surface area contributed by atoms with Crippen LogP contribution in [0.2, 0.25) is 0 Å². The summed E-state index contributed by atoms with van der Waals surface area (Å²) in [4.78, 5) is 30.4. The standard InChI is InChI=1S/C24H27N3O3/c1-4-18-7-5-6-8-20(18)26-22(28)16-27(3)24(29)14-13-23-25-15-21(30-23)19-11-9-17(2)10-12-19/h5-12,15H,4,13-14,16H2,1-3H3,(H,26,28). The fraction of sp³-hybridized carbons (Fsp3) is 0.292. The van der Waals surface area contributed by atoms with E-state index in [9.17, 15) is 9.59 Å². The molecule has 0 fully saturated rings. The van der Waals surface area contributed by atoms with E-state index in [1.165, 1.54) is 10.5 Å². The highest BCUT2D eigenvalue weighted by Crippen LogP contribution is 2.21. The lowest BCUT2D eigenvalue weighted by Gasteiger charge is -2.17. The summed E-state index contributed by atoms with van der Waals surface area (Å²) in [5, 5.41) is 2.88. The number of hydrogen-bond donors (Lipinski definition) is 1. The molecule has 0 bridgehead atoms. The summed E-state index contributed by atoms with van der Waals surface area (Å²) in [6.45, 7) is 4.06. The van der Waals surface area contributed by atoms with Crippen molar-refractivity contribution in [2.45, 2.75) is 33.1 Å². The van der Waals surface area contributed by atoms with Crippen molar-refractivity contribution in [3.63, 3.8) is 0 Å². The Hall–Kier alpha value is -3.41. The molecule has 0 saturated carbocycles. The van der Waals surface area contributed by atoms with Gasteiger partial charge < -0.3 is 14.6 Å². The number of rotatable bonds is 8. The van der Waals surface area contributed by atoms with Crippen molar-refractivity contribution in [2.75, 3.05) is 18.9 Å². The lowest BCUT2D eigenvalue weighted by Crippen LogP contribution is -2.35. The molecule has 0 radical (unpaired) electrons. The number of benzene rings is 2. The number of aryl methyl sites for hydroxylation is 3. The first-order valence-electron chi connectivity index (χ1n) is 10.1. The smallest absolute Gasteiger partial charge is 0.243 e. The molecule has 1 N–H and O–H groups in total. The number of nitrogens with zero attached hydrogens (tertiary/aromatic N) is 2. The molecule has 0 aliphatic heterocycles. The van der Waals surface area contributed by atoms with Crippen LogP contribution in [-0.2, 0) is 22.4 Å². The van der Waals surface area contributed by atoms with E-state index in [1.54, 1.807) is 13.2 Å². The average Bonchev–Trinajstić information content (AvgIpc) is 3.21. The highest BCUT2D eigenvalue weighted by molar-refractivity contribution is 5.95. The van der Waals surface area contributed by atoms with Gasteiger partial charge in [-0.05, 0) is 25.0 Å². The lowest BCUT2D eigenvalue weighted by molar-refractivity contribution is -0.133. The number of oxazole rings is 1. The number of likely N-dealkylation sites (N-methyl/N-ethyl adjacent to an activating group) is 1. The lowest BCUT2D eigenvalue weighted by atomic mass is 10.1. The number of carbonyl (C=O) groups excluding carboxylic acids is 2. The van der Waals surface area contributed by atoms with E-state index in [1.807, 2.05) is 62.4 Å². The molecule has 1 heterocycles. The highest BCUT2D eigenvalue weighted by atomic mass is 16.4. The topological polar surface area (TPSA) is 75.4 Å². The van der Waals surface area contributed by atoms with E-state index in [-0.39, 0.29) is 24.8 Å². The van der Waals surface area contributed by atoms with Gasteiger partial charge in [-0.2, -0.15) is 0 Å². The van der Waals surface area contributed by atoms with Gasteiger partial charge >= 0.3 is 0 Å². The first kappa shape index (κ1) is 21.3. The SMILES string of the molecule is CCc1ccccc1NC(=O)CN(C)C(=O)CCc1ncc(-c2ccc(C)cc2)o1. The van der Waals surface area contributed by atoms with Gasteiger partial charge in [0.2, 0.25) is 11.8 Å². The summed E-state index contributed by atoms with van der Waals surface area (Å²) in [7, 11) is 1.63. The van der Waals surface area contributed by atoms with Gasteiger partial charge in [0.05, 0.1) is 12.7 Å². The van der Waals surface area contributed by atoms with Gasteiger partial charge in [0, 0.05) is 31.1 Å². The third-order valence-electron chi connectivity index (χ3n) is 4.92. The molecular weight excluding hydrogens is 378 g/mol. The Kier molecular flexibility index (Phi) is 7.01. The molecule has 0 atom stereocenters. The number of amides is 2. The van der Waals surface area contributed by atoms with Crippen LogP contribution in [-0.4, -0.2) is 35.3 Å². The van der Waals surface area contributed by atoms with Crippen LogP contribution in [0.4, 0.5) is 5.69 Å². The van der Waals surface area contributed by atoms with Gasteiger partial charge in [-0.25, -0.2) is 4.98 Å².